The van der Waals surface area contributed by atoms with E-state index in [4.69, 9.17) is 4.74 Å². The molecule has 2 saturated heterocycles. The predicted octanol–water partition coefficient (Wildman–Crippen LogP) is 2.61. The summed E-state index contributed by atoms with van der Waals surface area (Å²) in [6, 6.07) is 12.6. The molecule has 0 bridgehead atoms. The summed E-state index contributed by atoms with van der Waals surface area (Å²) in [5, 5.41) is 11.1. The van der Waals surface area contributed by atoms with Gasteiger partial charge in [-0.25, -0.2) is 14.8 Å². The minimum atomic E-state index is -0.468. The normalized spacial score (nSPS) is 18.9. The third-order valence-corrected chi connectivity index (χ3v) is 6.16. The lowest BCUT2D eigenvalue weighted by Gasteiger charge is -2.31. The second-order valence-electron chi connectivity index (χ2n) is 8.82. The average Bonchev–Trinajstić information content (AvgIpc) is 2.91. The van der Waals surface area contributed by atoms with Crippen LogP contribution in [0.3, 0.4) is 0 Å². The number of nitrogens with one attached hydrogen (secondary N) is 3. The summed E-state index contributed by atoms with van der Waals surface area (Å²) in [6.07, 6.45) is 4.46. The van der Waals surface area contributed by atoms with Crippen LogP contribution in [-0.4, -0.2) is 79.1 Å². The molecule has 10 nitrogen and oxygen atoms in total. The van der Waals surface area contributed by atoms with Crippen LogP contribution in [-0.2, 0) is 4.74 Å². The monoisotopic (exact) mass is 491 g/mol. The number of hydrogen-bond donors (Lipinski definition) is 3. The number of halogens is 1. The largest absolute Gasteiger partial charge is 0.378 e. The third-order valence-electron chi connectivity index (χ3n) is 6.16. The zero-order chi connectivity index (χ0) is 24.7. The summed E-state index contributed by atoms with van der Waals surface area (Å²) in [6.45, 7) is 5.35. The quantitative estimate of drug-likeness (QED) is 0.340. The Balaban J connectivity index is 1.15. The zero-order valence-corrected chi connectivity index (χ0v) is 20.2. The van der Waals surface area contributed by atoms with E-state index in [0.717, 1.165) is 37.2 Å². The van der Waals surface area contributed by atoms with Gasteiger partial charge in [-0.2, -0.15) is 10.1 Å². The fourth-order valence-electron chi connectivity index (χ4n) is 4.21. The lowest BCUT2D eigenvalue weighted by molar-refractivity contribution is 0.122. The van der Waals surface area contributed by atoms with Crippen LogP contribution >= 0.6 is 0 Å². The van der Waals surface area contributed by atoms with Gasteiger partial charge in [0.1, 0.15) is 0 Å². The number of anilines is 4. The number of ether oxygens (including phenoxy) is 1. The number of piperazine rings is 1. The maximum Gasteiger partial charge on any atom is 0.245 e. The van der Waals surface area contributed by atoms with Crippen LogP contribution in [0.1, 0.15) is 17.3 Å². The summed E-state index contributed by atoms with van der Waals surface area (Å²) < 4.78 is 19.5. The summed E-state index contributed by atoms with van der Waals surface area (Å²) in [5.74, 6) is -0.00930. The van der Waals surface area contributed by atoms with E-state index < -0.39 is 5.82 Å². The van der Waals surface area contributed by atoms with Crippen molar-refractivity contribution in [2.45, 2.75) is 6.04 Å². The number of rotatable bonds is 7. The van der Waals surface area contributed by atoms with Gasteiger partial charge in [-0.15, -0.1) is 0 Å². The number of pyridine rings is 1. The van der Waals surface area contributed by atoms with Crippen LogP contribution in [0.15, 0.2) is 53.9 Å². The van der Waals surface area contributed by atoms with Gasteiger partial charge in [-0.1, -0.05) is 12.1 Å². The molecule has 0 saturated carbocycles. The molecule has 2 aliphatic rings. The Morgan fingerprint density at radius 2 is 1.86 bits per heavy atom. The van der Waals surface area contributed by atoms with Gasteiger partial charge < -0.3 is 25.2 Å². The highest BCUT2D eigenvalue weighted by molar-refractivity contribution is 5.78. The van der Waals surface area contributed by atoms with Crippen LogP contribution in [0, 0.1) is 5.82 Å². The summed E-state index contributed by atoms with van der Waals surface area (Å²) in [5.41, 5.74) is 6.56. The van der Waals surface area contributed by atoms with Crippen molar-refractivity contribution in [1.82, 2.24) is 25.2 Å². The minimum Gasteiger partial charge on any atom is -0.378 e. The molecule has 0 amide bonds. The first-order valence-corrected chi connectivity index (χ1v) is 12.0. The number of aromatic nitrogens is 3. The molecule has 1 unspecified atom stereocenters. The van der Waals surface area contributed by atoms with E-state index in [0.29, 0.717) is 38.0 Å². The lowest BCUT2D eigenvalue weighted by atomic mass is 10.0. The Kier molecular flexibility index (Phi) is 7.60. The van der Waals surface area contributed by atoms with E-state index in [-0.39, 0.29) is 11.8 Å². The van der Waals surface area contributed by atoms with Crippen molar-refractivity contribution >= 4 is 29.4 Å². The van der Waals surface area contributed by atoms with E-state index >= 15 is 0 Å². The first-order valence-electron chi connectivity index (χ1n) is 12.0. The van der Waals surface area contributed by atoms with Gasteiger partial charge >= 0.3 is 0 Å². The average molecular weight is 492 g/mol. The second-order valence-corrected chi connectivity index (χ2v) is 8.82. The van der Waals surface area contributed by atoms with E-state index in [2.05, 4.69) is 72.3 Å². The van der Waals surface area contributed by atoms with Gasteiger partial charge in [-0.05, 0) is 36.9 Å². The Bertz CT molecular complexity index is 1170. The van der Waals surface area contributed by atoms with Gasteiger partial charge in [-0.3, -0.25) is 4.98 Å². The molecule has 188 valence electrons. The van der Waals surface area contributed by atoms with Crippen LogP contribution in [0.5, 0.6) is 0 Å². The SMILES string of the molecule is CN1CCNC(c2ccc(Nc3ccc(/C=N/Nc4ncc(F)c(N5CCOCC5)n4)nc3)cc2)C1. The standard InChI is InChI=1S/C25H30FN9O/c1-34-9-8-27-23(17-34)18-2-4-19(5-3-18)31-21-7-6-20(28-14-21)15-30-33-25-29-16-22(26)24(32-25)35-10-12-36-13-11-35/h2-7,14-16,23,27,31H,8-13,17H2,1H3,(H,29,32,33)/b30-15+. The van der Waals surface area contributed by atoms with Crippen molar-refractivity contribution in [3.05, 3.63) is 65.9 Å². The van der Waals surface area contributed by atoms with E-state index in [1.165, 1.54) is 5.56 Å². The van der Waals surface area contributed by atoms with Gasteiger partial charge in [0.25, 0.3) is 0 Å². The van der Waals surface area contributed by atoms with E-state index in [1.807, 2.05) is 17.0 Å². The molecule has 1 aromatic carbocycles. The molecule has 5 rings (SSSR count). The molecule has 2 aromatic heterocycles. The molecule has 36 heavy (non-hydrogen) atoms. The molecular formula is C25H30FN9O. The van der Waals surface area contributed by atoms with Gasteiger partial charge in [0.05, 0.1) is 43.2 Å². The molecule has 0 spiro atoms. The molecule has 1 atom stereocenters. The highest BCUT2D eigenvalue weighted by Gasteiger charge is 2.18. The number of morpholine rings is 1. The lowest BCUT2D eigenvalue weighted by Crippen LogP contribution is -2.43. The number of hydrogen-bond acceptors (Lipinski definition) is 10. The van der Waals surface area contributed by atoms with Crippen molar-refractivity contribution in [3.63, 3.8) is 0 Å². The molecule has 0 radical (unpaired) electrons. The van der Waals surface area contributed by atoms with Crippen molar-refractivity contribution in [1.29, 1.82) is 0 Å². The fourth-order valence-corrected chi connectivity index (χ4v) is 4.21. The van der Waals surface area contributed by atoms with Gasteiger partial charge in [0, 0.05) is 44.5 Å². The minimum absolute atomic E-state index is 0.214. The number of nitrogens with zero attached hydrogens (tertiary/aromatic N) is 6. The zero-order valence-electron chi connectivity index (χ0n) is 20.2. The Hall–Kier alpha value is -3.67. The third kappa shape index (κ3) is 6.11. The molecule has 2 aliphatic heterocycles. The summed E-state index contributed by atoms with van der Waals surface area (Å²) in [7, 11) is 2.15. The Labute approximate surface area is 209 Å². The Morgan fingerprint density at radius 1 is 1.06 bits per heavy atom. The molecule has 3 N–H and O–H groups in total. The topological polar surface area (TPSA) is 103 Å². The Morgan fingerprint density at radius 3 is 2.61 bits per heavy atom. The van der Waals surface area contributed by atoms with E-state index in [9.17, 15) is 4.39 Å². The van der Waals surface area contributed by atoms with Crippen LogP contribution in [0.25, 0.3) is 0 Å². The smallest absolute Gasteiger partial charge is 0.245 e. The van der Waals surface area contributed by atoms with Crippen molar-refractivity contribution in [2.75, 3.05) is 68.6 Å². The molecular weight excluding hydrogens is 461 g/mol. The van der Waals surface area contributed by atoms with Crippen molar-refractivity contribution in [3.8, 4) is 0 Å². The molecule has 3 aromatic rings. The molecule has 2 fully saturated rings. The first kappa shape index (κ1) is 24.0. The highest BCUT2D eigenvalue weighted by atomic mass is 19.1. The first-order chi connectivity index (χ1) is 17.6. The maximum absolute atomic E-state index is 14.2. The summed E-state index contributed by atoms with van der Waals surface area (Å²) in [4.78, 5) is 16.8. The van der Waals surface area contributed by atoms with Crippen LogP contribution in [0.2, 0.25) is 0 Å². The molecule has 4 heterocycles. The van der Waals surface area contributed by atoms with Gasteiger partial charge in [0.2, 0.25) is 5.95 Å². The number of benzene rings is 1. The van der Waals surface area contributed by atoms with Crippen molar-refractivity contribution in [2.24, 2.45) is 5.10 Å². The fraction of sp³-hybridized carbons (Fsp3) is 0.360. The second kappa shape index (κ2) is 11.4. The number of likely N-dealkylation sites (N-methyl/N-ethyl adjacent to an activating group) is 1. The summed E-state index contributed by atoms with van der Waals surface area (Å²) >= 11 is 0. The van der Waals surface area contributed by atoms with Crippen LogP contribution in [0.4, 0.5) is 27.5 Å². The molecule has 11 heteroatoms. The number of hydrazone groups is 1. The molecule has 0 aliphatic carbocycles. The van der Waals surface area contributed by atoms with Crippen LogP contribution < -0.4 is 21.0 Å². The van der Waals surface area contributed by atoms with Crippen molar-refractivity contribution < 1.29 is 9.13 Å². The maximum atomic E-state index is 14.2. The van der Waals surface area contributed by atoms with Gasteiger partial charge in [0.15, 0.2) is 11.6 Å². The highest BCUT2D eigenvalue weighted by Crippen LogP contribution is 2.22. The predicted molar refractivity (Wildman–Crippen MR) is 138 cm³/mol. The van der Waals surface area contributed by atoms with E-state index in [1.54, 1.807) is 12.4 Å².